The van der Waals surface area contributed by atoms with E-state index in [1.807, 2.05) is 29.6 Å². The van der Waals surface area contributed by atoms with E-state index >= 15 is 0 Å². The summed E-state index contributed by atoms with van der Waals surface area (Å²) in [4.78, 5) is 29.7. The molecule has 1 heterocycles. The molecular formula is C31H21Cl4N5O3S. The third-order valence-electron chi connectivity index (χ3n) is 5.95. The second-order valence-corrected chi connectivity index (χ2v) is 11.6. The van der Waals surface area contributed by atoms with Gasteiger partial charge in [-0.05, 0) is 72.8 Å². The molecule has 8 nitrogen and oxygen atoms in total. The second kappa shape index (κ2) is 14.6. The summed E-state index contributed by atoms with van der Waals surface area (Å²) in [6, 6.07) is 23.9. The van der Waals surface area contributed by atoms with Crippen LogP contribution in [0.2, 0.25) is 20.1 Å². The van der Waals surface area contributed by atoms with Gasteiger partial charge in [0.2, 0.25) is 0 Å². The van der Waals surface area contributed by atoms with Crippen LogP contribution in [0.15, 0.2) is 95.4 Å². The summed E-state index contributed by atoms with van der Waals surface area (Å²) >= 11 is 25.5. The van der Waals surface area contributed by atoms with Crippen molar-refractivity contribution in [2.24, 2.45) is 5.10 Å². The molecule has 0 spiro atoms. The van der Waals surface area contributed by atoms with Crippen LogP contribution in [-0.4, -0.2) is 29.6 Å². The third-order valence-corrected chi connectivity index (χ3v) is 7.93. The number of hydrogen-bond donors (Lipinski definition) is 3. The van der Waals surface area contributed by atoms with Crippen molar-refractivity contribution in [1.82, 2.24) is 10.4 Å². The van der Waals surface area contributed by atoms with Gasteiger partial charge in [0.05, 0.1) is 22.0 Å². The molecule has 44 heavy (non-hydrogen) atoms. The van der Waals surface area contributed by atoms with Crippen LogP contribution in [0, 0.1) is 0 Å². The minimum Gasteiger partial charge on any atom is -0.483 e. The van der Waals surface area contributed by atoms with Crippen molar-refractivity contribution in [2.75, 3.05) is 17.2 Å². The van der Waals surface area contributed by atoms with Gasteiger partial charge in [0, 0.05) is 43.5 Å². The lowest BCUT2D eigenvalue weighted by Crippen LogP contribution is -2.20. The van der Waals surface area contributed by atoms with Crippen LogP contribution in [0.5, 0.6) is 5.75 Å². The molecule has 0 saturated heterocycles. The molecule has 0 bridgehead atoms. The Morgan fingerprint density at radius 1 is 0.841 bits per heavy atom. The summed E-state index contributed by atoms with van der Waals surface area (Å²) in [7, 11) is 0. The highest BCUT2D eigenvalue weighted by atomic mass is 35.5. The highest BCUT2D eigenvalue weighted by Gasteiger charge is 2.11. The lowest BCUT2D eigenvalue weighted by atomic mass is 10.1. The highest BCUT2D eigenvalue weighted by molar-refractivity contribution is 7.14. The monoisotopic (exact) mass is 683 g/mol. The molecule has 0 saturated carbocycles. The molecule has 0 aliphatic rings. The lowest BCUT2D eigenvalue weighted by Gasteiger charge is -2.10. The minimum absolute atomic E-state index is 0.293. The number of anilines is 3. The van der Waals surface area contributed by atoms with Crippen LogP contribution in [0.1, 0.15) is 15.9 Å². The molecule has 0 aliphatic carbocycles. The maximum atomic E-state index is 12.7. The van der Waals surface area contributed by atoms with Crippen molar-refractivity contribution in [3.63, 3.8) is 0 Å². The fourth-order valence-corrected chi connectivity index (χ4v) is 5.15. The number of halogens is 4. The van der Waals surface area contributed by atoms with E-state index < -0.39 is 11.8 Å². The van der Waals surface area contributed by atoms with Gasteiger partial charge in [-0.25, -0.2) is 10.4 Å². The molecule has 0 unspecified atom stereocenters. The molecule has 0 fully saturated rings. The Hall–Kier alpha value is -4.12. The average Bonchev–Trinajstić information content (AvgIpc) is 3.48. The number of ether oxygens (including phenoxy) is 1. The fourth-order valence-electron chi connectivity index (χ4n) is 3.80. The number of carbonyl (C=O) groups excluding carboxylic acids is 2. The Labute approximate surface area is 276 Å². The molecule has 222 valence electrons. The number of carbonyl (C=O) groups is 2. The topological polar surface area (TPSA) is 105 Å². The van der Waals surface area contributed by atoms with E-state index in [-0.39, 0.29) is 6.61 Å². The lowest BCUT2D eigenvalue weighted by molar-refractivity contribution is -0.118. The molecule has 0 aliphatic heterocycles. The Morgan fingerprint density at radius 2 is 1.57 bits per heavy atom. The van der Waals surface area contributed by atoms with Gasteiger partial charge in [0.15, 0.2) is 11.7 Å². The van der Waals surface area contributed by atoms with Gasteiger partial charge >= 0.3 is 0 Å². The molecule has 4 aromatic carbocycles. The molecule has 0 radical (unpaired) electrons. The Bertz CT molecular complexity index is 1830. The van der Waals surface area contributed by atoms with Crippen molar-refractivity contribution in [1.29, 1.82) is 0 Å². The summed E-state index contributed by atoms with van der Waals surface area (Å²) in [6.45, 7) is -0.293. The van der Waals surface area contributed by atoms with Gasteiger partial charge in [-0.1, -0.05) is 58.5 Å². The van der Waals surface area contributed by atoms with Crippen LogP contribution >= 0.6 is 57.7 Å². The number of aromatic nitrogens is 1. The van der Waals surface area contributed by atoms with Crippen molar-refractivity contribution < 1.29 is 14.3 Å². The number of nitrogens with one attached hydrogen (secondary N) is 3. The third kappa shape index (κ3) is 8.49. The molecule has 5 rings (SSSR count). The number of amides is 2. The Balaban J connectivity index is 1.16. The predicted molar refractivity (Wildman–Crippen MR) is 179 cm³/mol. The van der Waals surface area contributed by atoms with Gasteiger partial charge in [-0.15, -0.1) is 11.3 Å². The van der Waals surface area contributed by atoms with Crippen LogP contribution in [0.4, 0.5) is 16.5 Å². The van der Waals surface area contributed by atoms with E-state index in [2.05, 4.69) is 26.1 Å². The van der Waals surface area contributed by atoms with Crippen molar-refractivity contribution in [3.05, 3.63) is 122 Å². The second-order valence-electron chi connectivity index (χ2n) is 9.09. The average molecular weight is 685 g/mol. The minimum atomic E-state index is -0.415. The van der Waals surface area contributed by atoms with Crippen molar-refractivity contribution in [2.45, 2.75) is 0 Å². The van der Waals surface area contributed by atoms with Crippen LogP contribution in [0.3, 0.4) is 0 Å². The van der Waals surface area contributed by atoms with Gasteiger partial charge in [0.1, 0.15) is 5.75 Å². The molecule has 2 amide bonds. The molecule has 5 aromatic rings. The maximum Gasteiger partial charge on any atom is 0.271 e. The summed E-state index contributed by atoms with van der Waals surface area (Å²) in [6.07, 6.45) is 1.38. The summed E-state index contributed by atoms with van der Waals surface area (Å²) in [5, 5.41) is 14.4. The summed E-state index contributed by atoms with van der Waals surface area (Å²) in [5.74, 6) is -0.486. The highest BCUT2D eigenvalue weighted by Crippen LogP contribution is 2.28. The van der Waals surface area contributed by atoms with Gasteiger partial charge in [-0.3, -0.25) is 9.59 Å². The van der Waals surface area contributed by atoms with E-state index in [1.54, 1.807) is 54.6 Å². The first-order valence-corrected chi connectivity index (χ1v) is 15.2. The van der Waals surface area contributed by atoms with Gasteiger partial charge < -0.3 is 15.4 Å². The zero-order valence-electron chi connectivity index (χ0n) is 22.5. The van der Waals surface area contributed by atoms with E-state index in [1.165, 1.54) is 23.6 Å². The standard InChI is InChI=1S/C31H21Cl4N5O3S/c32-21-5-8-23(9-6-21)38-31-39-27(17-44-31)18-1-3-19(4-2-18)30(42)40-36-15-20-13-22(33)7-12-28(20)43-16-29(41)37-24-10-11-25(34)26(35)14-24/h1-15,17H,16H2,(H,37,41)(H,38,39)(H,40,42)/b36-15-. The quantitative estimate of drug-likeness (QED) is 0.101. The summed E-state index contributed by atoms with van der Waals surface area (Å²) in [5.41, 5.74) is 6.34. The first kappa shape index (κ1) is 31.3. The van der Waals surface area contributed by atoms with E-state index in [9.17, 15) is 9.59 Å². The number of benzene rings is 4. The first-order chi connectivity index (χ1) is 21.2. The molecule has 0 atom stereocenters. The van der Waals surface area contributed by atoms with Gasteiger partial charge in [0.25, 0.3) is 11.8 Å². The summed E-state index contributed by atoms with van der Waals surface area (Å²) < 4.78 is 5.67. The molecule has 1 aromatic heterocycles. The Kier molecular flexibility index (Phi) is 10.4. The number of hydrazone groups is 1. The number of hydrogen-bond acceptors (Lipinski definition) is 7. The van der Waals surface area contributed by atoms with Crippen LogP contribution in [0.25, 0.3) is 11.3 Å². The SMILES string of the molecule is O=C(COc1ccc(Cl)cc1/C=N\NC(=O)c1ccc(-c2csc(Nc3ccc(Cl)cc3)n2)cc1)Nc1ccc(Cl)c(Cl)c1. The predicted octanol–water partition coefficient (Wildman–Crippen LogP) is 8.95. The molecule has 3 N–H and O–H groups in total. The maximum absolute atomic E-state index is 12.7. The van der Waals surface area contributed by atoms with E-state index in [0.29, 0.717) is 42.7 Å². The normalized spacial score (nSPS) is 10.9. The smallest absolute Gasteiger partial charge is 0.271 e. The van der Waals surface area contributed by atoms with Crippen LogP contribution in [-0.2, 0) is 4.79 Å². The van der Waals surface area contributed by atoms with Gasteiger partial charge in [-0.2, -0.15) is 5.10 Å². The fraction of sp³-hybridized carbons (Fsp3) is 0.0323. The van der Waals surface area contributed by atoms with Crippen LogP contribution < -0.4 is 20.8 Å². The van der Waals surface area contributed by atoms with Crippen molar-refractivity contribution >= 4 is 92.3 Å². The number of thiazole rings is 1. The van der Waals surface area contributed by atoms with Crippen molar-refractivity contribution in [3.8, 4) is 17.0 Å². The Morgan fingerprint density at radius 3 is 2.32 bits per heavy atom. The number of rotatable bonds is 10. The number of nitrogens with zero attached hydrogens (tertiary/aromatic N) is 2. The molecular weight excluding hydrogens is 664 g/mol. The van der Waals surface area contributed by atoms with E-state index in [4.69, 9.17) is 51.1 Å². The molecule has 13 heteroatoms. The first-order valence-electron chi connectivity index (χ1n) is 12.8. The van der Waals surface area contributed by atoms with E-state index in [0.717, 1.165) is 22.1 Å². The zero-order chi connectivity index (χ0) is 31.1. The largest absolute Gasteiger partial charge is 0.483 e. The zero-order valence-corrected chi connectivity index (χ0v) is 26.3.